The Morgan fingerprint density at radius 3 is 0.314 bits per heavy atom. The third-order valence-electron chi connectivity index (χ3n) is 6.02. The quantitative estimate of drug-likeness (QED) is 0.124. The molecule has 1 fully saturated rings. The van der Waals surface area contributed by atoms with Gasteiger partial charge in [-0.05, 0) is 0 Å². The topological polar surface area (TPSA) is 373 Å². The summed E-state index contributed by atoms with van der Waals surface area (Å²) < 4.78 is 0. The van der Waals surface area contributed by atoms with Crippen molar-refractivity contribution in [2.24, 2.45) is 27.1 Å². The predicted molar refractivity (Wildman–Crippen MR) is 88.5 cm³/mol. The van der Waals surface area contributed by atoms with Crippen LogP contribution in [-0.4, -0.2) is 111 Å². The first-order valence-electron chi connectivity index (χ1n) is 8.03. The van der Waals surface area contributed by atoms with Crippen molar-refractivity contribution >= 4 is 59.7 Å². The first-order valence-corrected chi connectivity index (χ1v) is 8.03. The van der Waals surface area contributed by atoms with Crippen molar-refractivity contribution in [2.75, 3.05) is 0 Å². The van der Waals surface area contributed by atoms with Crippen LogP contribution in [0.25, 0.3) is 0 Å². The van der Waals surface area contributed by atoms with Gasteiger partial charge in [0.2, 0.25) is 27.1 Å². The average molecular weight is 510 g/mol. The molecule has 0 aliphatic heterocycles. The largest absolute Gasteiger partial charge is 0.480 e. The molecule has 20 heteroatoms. The Balaban J connectivity index is 5.49. The minimum atomic E-state index is -5.89. The highest BCUT2D eigenvalue weighted by Crippen LogP contribution is 2.79. The van der Waals surface area contributed by atoms with E-state index in [0.717, 1.165) is 0 Å². The molecule has 20 nitrogen and oxygen atoms in total. The Morgan fingerprint density at radius 2 is 0.286 bits per heavy atom. The van der Waals surface area contributed by atoms with Gasteiger partial charge in [-0.15, -0.1) is 0 Å². The molecule has 0 spiro atoms. The standard InChI is InChI=1S/C15H10O20/c16-1(17)11(2(18)19)12(3(20)21,4(22)23)14(7(28)29,8(30)31)15(9(32)33,10(34)35)13(11,5(24)25)6(26)27/h(H,16,17)(H,18,19)(H,20,21)(H,22,23)(H,24,25)(H,26,27)(H,28,29)(H,30,31)(H,32,33)(H,34,35). The summed E-state index contributed by atoms with van der Waals surface area (Å²) in [6, 6.07) is 0. The van der Waals surface area contributed by atoms with E-state index in [2.05, 4.69) is 0 Å². The molecule has 0 aromatic heterocycles. The second kappa shape index (κ2) is 7.36. The summed E-state index contributed by atoms with van der Waals surface area (Å²) >= 11 is 0. The second-order valence-corrected chi connectivity index (χ2v) is 6.80. The molecule has 0 amide bonds. The van der Waals surface area contributed by atoms with Gasteiger partial charge in [0, 0.05) is 0 Å². The number of hydrogen-bond donors (Lipinski definition) is 10. The van der Waals surface area contributed by atoms with Crippen LogP contribution in [0.15, 0.2) is 0 Å². The van der Waals surface area contributed by atoms with E-state index in [0.29, 0.717) is 0 Å². The zero-order chi connectivity index (χ0) is 28.3. The molecule has 0 aromatic rings. The third-order valence-corrected chi connectivity index (χ3v) is 6.02. The van der Waals surface area contributed by atoms with Gasteiger partial charge in [0.05, 0.1) is 0 Å². The lowest BCUT2D eigenvalue weighted by Gasteiger charge is -2.41. The van der Waals surface area contributed by atoms with Crippen LogP contribution >= 0.6 is 0 Å². The van der Waals surface area contributed by atoms with Gasteiger partial charge in [0.1, 0.15) is 0 Å². The molecular weight excluding hydrogens is 500 g/mol. The molecule has 1 saturated carbocycles. The van der Waals surface area contributed by atoms with Gasteiger partial charge < -0.3 is 51.1 Å². The highest BCUT2D eigenvalue weighted by Gasteiger charge is 3.10. The summed E-state index contributed by atoms with van der Waals surface area (Å²) in [5.74, 6) is -37.3. The summed E-state index contributed by atoms with van der Waals surface area (Å²) in [7, 11) is 0. The van der Waals surface area contributed by atoms with E-state index in [1.54, 1.807) is 0 Å². The molecular formula is C15H10O20. The van der Waals surface area contributed by atoms with E-state index >= 15 is 0 Å². The monoisotopic (exact) mass is 510 g/mol. The first-order chi connectivity index (χ1) is 15.7. The number of rotatable bonds is 10. The molecule has 0 radical (unpaired) electrons. The first kappa shape index (κ1) is 27.7. The number of carbonyl (C=O) groups is 10. The highest BCUT2D eigenvalue weighted by atomic mass is 16.4. The van der Waals surface area contributed by atoms with Crippen molar-refractivity contribution in [1.29, 1.82) is 0 Å². The summed E-state index contributed by atoms with van der Waals surface area (Å²) in [5, 5.41) is 96.9. The molecule has 0 bridgehead atoms. The molecule has 35 heavy (non-hydrogen) atoms. The zero-order valence-corrected chi connectivity index (χ0v) is 16.1. The minimum Gasteiger partial charge on any atom is -0.480 e. The average Bonchev–Trinajstić information content (AvgIpc) is 2.89. The van der Waals surface area contributed by atoms with Gasteiger partial charge in [-0.3, -0.25) is 47.9 Å². The highest BCUT2D eigenvalue weighted by molar-refractivity contribution is 6.34. The fourth-order valence-corrected chi connectivity index (χ4v) is 5.07. The van der Waals surface area contributed by atoms with Crippen LogP contribution in [0.3, 0.4) is 0 Å². The Hall–Kier alpha value is -5.30. The maximum absolute atomic E-state index is 12.3. The van der Waals surface area contributed by atoms with E-state index in [4.69, 9.17) is 0 Å². The van der Waals surface area contributed by atoms with Gasteiger partial charge in [-0.1, -0.05) is 0 Å². The van der Waals surface area contributed by atoms with Crippen LogP contribution in [-0.2, 0) is 47.9 Å². The summed E-state index contributed by atoms with van der Waals surface area (Å²) in [5.41, 5.74) is -29.4. The van der Waals surface area contributed by atoms with Crippen LogP contribution in [0.1, 0.15) is 0 Å². The van der Waals surface area contributed by atoms with Gasteiger partial charge >= 0.3 is 59.7 Å². The van der Waals surface area contributed by atoms with Gasteiger partial charge in [0.15, 0.2) is 0 Å². The van der Waals surface area contributed by atoms with E-state index in [9.17, 15) is 99.0 Å². The van der Waals surface area contributed by atoms with Gasteiger partial charge in [-0.2, -0.15) is 0 Å². The summed E-state index contributed by atoms with van der Waals surface area (Å²) in [4.78, 5) is 123. The zero-order valence-electron chi connectivity index (χ0n) is 16.1. The van der Waals surface area contributed by atoms with Crippen LogP contribution in [0.5, 0.6) is 0 Å². The molecule has 190 valence electrons. The molecule has 0 atom stereocenters. The van der Waals surface area contributed by atoms with Crippen molar-refractivity contribution in [3.63, 3.8) is 0 Å². The molecule has 0 saturated heterocycles. The fourth-order valence-electron chi connectivity index (χ4n) is 5.07. The van der Waals surface area contributed by atoms with Crippen molar-refractivity contribution in [3.05, 3.63) is 0 Å². The van der Waals surface area contributed by atoms with Crippen molar-refractivity contribution < 1.29 is 99.0 Å². The molecule has 0 aromatic carbocycles. The van der Waals surface area contributed by atoms with Crippen molar-refractivity contribution in [2.45, 2.75) is 0 Å². The molecule has 0 unspecified atom stereocenters. The molecule has 0 heterocycles. The lowest BCUT2D eigenvalue weighted by Crippen LogP contribution is -2.71. The number of carboxylic acid groups (broad SMARTS) is 10. The van der Waals surface area contributed by atoms with Crippen LogP contribution in [0, 0.1) is 27.1 Å². The van der Waals surface area contributed by atoms with E-state index < -0.39 is 86.8 Å². The van der Waals surface area contributed by atoms with E-state index in [-0.39, 0.29) is 0 Å². The molecule has 1 aliphatic carbocycles. The van der Waals surface area contributed by atoms with Crippen LogP contribution in [0.2, 0.25) is 0 Å². The van der Waals surface area contributed by atoms with Crippen LogP contribution < -0.4 is 0 Å². The number of aliphatic carboxylic acids is 10. The smallest absolute Gasteiger partial charge is 0.324 e. The Labute approximate surface area is 186 Å². The summed E-state index contributed by atoms with van der Waals surface area (Å²) in [6.07, 6.45) is 0. The SMILES string of the molecule is O=C(O)C1(C(=O)O)C(C(=O)O)(C(=O)O)C(C(=O)O)(C(=O)O)C(C(=O)O)(C(=O)O)C1(C(=O)O)C(=O)O. The normalized spacial score (nSPS) is 20.0. The molecule has 1 aliphatic rings. The lowest BCUT2D eigenvalue weighted by molar-refractivity contribution is -0.215. The minimum absolute atomic E-state index is 3.73. The number of hydrogen-bond acceptors (Lipinski definition) is 10. The van der Waals surface area contributed by atoms with E-state index in [1.807, 2.05) is 0 Å². The Kier molecular flexibility index (Phi) is 5.83. The molecule has 1 rings (SSSR count). The second-order valence-electron chi connectivity index (χ2n) is 6.80. The maximum Gasteiger partial charge on any atom is 0.324 e. The van der Waals surface area contributed by atoms with Crippen molar-refractivity contribution in [3.8, 4) is 0 Å². The van der Waals surface area contributed by atoms with E-state index in [1.165, 1.54) is 0 Å². The van der Waals surface area contributed by atoms with Crippen LogP contribution in [0.4, 0.5) is 0 Å². The van der Waals surface area contributed by atoms with Gasteiger partial charge in [0.25, 0.3) is 0 Å². The summed E-state index contributed by atoms with van der Waals surface area (Å²) in [6.45, 7) is 0. The maximum atomic E-state index is 12.3. The third kappa shape index (κ3) is 2.06. The van der Waals surface area contributed by atoms with Gasteiger partial charge in [-0.25, -0.2) is 0 Å². The number of carboxylic acids is 10. The lowest BCUT2D eigenvalue weighted by atomic mass is 9.51. The van der Waals surface area contributed by atoms with Crippen molar-refractivity contribution in [1.82, 2.24) is 0 Å². The molecule has 10 N–H and O–H groups in total. The predicted octanol–water partition coefficient (Wildman–Crippen LogP) is -4.22. The fraction of sp³-hybridized carbons (Fsp3) is 0.333. The Bertz CT molecular complexity index is 854. The Morgan fingerprint density at radius 1 is 0.229 bits per heavy atom.